The predicted molar refractivity (Wildman–Crippen MR) is 92.0 cm³/mol. The number of nitrogen functional groups attached to an aromatic ring is 1. The van der Waals surface area contributed by atoms with Crippen LogP contribution in [-0.4, -0.2) is 23.4 Å². The van der Waals surface area contributed by atoms with E-state index < -0.39 is 38.1 Å². The Morgan fingerprint density at radius 2 is 1.70 bits per heavy atom. The number of aromatic nitrogens is 3. The highest BCUT2D eigenvalue weighted by Crippen LogP contribution is 2.35. The van der Waals surface area contributed by atoms with Gasteiger partial charge in [0.15, 0.2) is 5.82 Å². The van der Waals surface area contributed by atoms with E-state index in [0.29, 0.717) is 4.68 Å². The van der Waals surface area contributed by atoms with Crippen molar-refractivity contribution in [3.63, 3.8) is 0 Å². The van der Waals surface area contributed by atoms with Crippen molar-refractivity contribution >= 4 is 15.7 Å². The summed E-state index contributed by atoms with van der Waals surface area (Å²) < 4.78 is 65.9. The molecule has 142 valence electrons. The Hall–Kier alpha value is -2.88. The Kier molecular flexibility index (Phi) is 4.68. The Balaban J connectivity index is 2.11. The molecule has 0 fully saturated rings. The number of sulfone groups is 1. The quantitative estimate of drug-likeness (QED) is 0.731. The highest BCUT2D eigenvalue weighted by Gasteiger charge is 2.35. The summed E-state index contributed by atoms with van der Waals surface area (Å²) in [5.74, 6) is -0.494. The van der Waals surface area contributed by atoms with Gasteiger partial charge in [-0.05, 0) is 36.2 Å². The first kappa shape index (κ1) is 18.9. The third kappa shape index (κ3) is 3.39. The Labute approximate surface area is 153 Å². The van der Waals surface area contributed by atoms with E-state index in [9.17, 15) is 21.6 Å². The summed E-state index contributed by atoms with van der Waals surface area (Å²) in [4.78, 5) is -0.0671. The third-order valence-electron chi connectivity index (χ3n) is 4.01. The van der Waals surface area contributed by atoms with Crippen molar-refractivity contribution < 1.29 is 21.6 Å². The van der Waals surface area contributed by atoms with Gasteiger partial charge in [-0.15, -0.1) is 5.10 Å². The van der Waals surface area contributed by atoms with Gasteiger partial charge in [0.2, 0.25) is 14.9 Å². The smallest absolute Gasteiger partial charge is 0.381 e. The molecule has 3 rings (SSSR count). The largest absolute Gasteiger partial charge is 0.418 e. The molecular weight excluding hydrogens is 381 g/mol. The highest BCUT2D eigenvalue weighted by molar-refractivity contribution is 7.91. The van der Waals surface area contributed by atoms with Crippen molar-refractivity contribution in [2.24, 2.45) is 0 Å². The van der Waals surface area contributed by atoms with Gasteiger partial charge in [-0.25, -0.2) is 8.42 Å². The highest BCUT2D eigenvalue weighted by atomic mass is 32.2. The number of nitrogens with zero attached hydrogens (tertiary/aromatic N) is 3. The van der Waals surface area contributed by atoms with E-state index in [-0.39, 0.29) is 4.90 Å². The van der Waals surface area contributed by atoms with Crippen molar-refractivity contribution in [2.45, 2.75) is 29.4 Å². The van der Waals surface area contributed by atoms with E-state index in [1.165, 1.54) is 24.3 Å². The Morgan fingerprint density at radius 1 is 1.07 bits per heavy atom. The van der Waals surface area contributed by atoms with Crippen molar-refractivity contribution in [2.75, 3.05) is 5.73 Å². The van der Waals surface area contributed by atoms with E-state index in [4.69, 9.17) is 5.73 Å². The van der Waals surface area contributed by atoms with Crippen molar-refractivity contribution in [1.29, 1.82) is 0 Å². The molecule has 0 atom stereocenters. The van der Waals surface area contributed by atoms with E-state index >= 15 is 0 Å². The first-order valence-corrected chi connectivity index (χ1v) is 9.36. The van der Waals surface area contributed by atoms with Gasteiger partial charge in [0, 0.05) is 0 Å². The average molecular weight is 396 g/mol. The molecule has 1 aromatic heterocycles. The molecule has 0 aliphatic heterocycles. The third-order valence-corrected chi connectivity index (χ3v) is 5.70. The van der Waals surface area contributed by atoms with Gasteiger partial charge in [-0.3, -0.25) is 0 Å². The van der Waals surface area contributed by atoms with E-state index in [1.54, 1.807) is 12.1 Å². The molecule has 1 heterocycles. The molecule has 0 unspecified atom stereocenters. The first-order chi connectivity index (χ1) is 12.7. The Bertz CT molecular complexity index is 1070. The number of benzene rings is 2. The molecule has 2 N–H and O–H groups in total. The summed E-state index contributed by atoms with van der Waals surface area (Å²) in [6.07, 6.45) is -3.93. The maximum atomic E-state index is 13.2. The predicted octanol–water partition coefficient (Wildman–Crippen LogP) is 3.26. The van der Waals surface area contributed by atoms with E-state index in [1.807, 2.05) is 6.92 Å². The molecule has 27 heavy (non-hydrogen) atoms. The molecule has 10 heteroatoms. The standard InChI is InChI=1S/C17H15F3N4O2S/c1-2-11-7-9-12(10-8-11)27(25,26)16-15(21)24(23-22-16)14-6-4-3-5-13(14)17(18,19)20/h3-10H,2,21H2,1H3. The molecule has 0 saturated heterocycles. The monoisotopic (exact) mass is 396 g/mol. The van der Waals surface area contributed by atoms with Crippen LogP contribution in [0.15, 0.2) is 58.5 Å². The number of hydrogen-bond acceptors (Lipinski definition) is 5. The van der Waals surface area contributed by atoms with Crippen LogP contribution in [0.2, 0.25) is 0 Å². The number of para-hydroxylation sites is 1. The number of halogens is 3. The lowest BCUT2D eigenvalue weighted by molar-refractivity contribution is -0.137. The zero-order chi connectivity index (χ0) is 19.8. The molecule has 3 aromatic rings. The number of aryl methyl sites for hydroxylation is 1. The number of rotatable bonds is 4. The van der Waals surface area contributed by atoms with Gasteiger partial charge in [-0.1, -0.05) is 36.4 Å². The fraction of sp³-hybridized carbons (Fsp3) is 0.176. The number of anilines is 1. The molecule has 0 radical (unpaired) electrons. The topological polar surface area (TPSA) is 90.9 Å². The molecule has 0 aliphatic carbocycles. The van der Waals surface area contributed by atoms with E-state index in [2.05, 4.69) is 10.3 Å². The summed E-state index contributed by atoms with van der Waals surface area (Å²) in [6.45, 7) is 1.92. The van der Waals surface area contributed by atoms with Crippen LogP contribution in [0.25, 0.3) is 5.69 Å². The summed E-state index contributed by atoms with van der Waals surface area (Å²) in [5.41, 5.74) is 5.35. The molecule has 0 spiro atoms. The molecule has 0 saturated carbocycles. The number of nitrogens with two attached hydrogens (primary N) is 1. The molecule has 0 amide bonds. The first-order valence-electron chi connectivity index (χ1n) is 7.88. The molecule has 6 nitrogen and oxygen atoms in total. The van der Waals surface area contributed by atoms with Crippen LogP contribution in [0.3, 0.4) is 0 Å². The molecule has 0 aliphatic rings. The van der Waals surface area contributed by atoms with Crippen molar-refractivity contribution in [3.05, 3.63) is 59.7 Å². The minimum atomic E-state index is -4.66. The van der Waals surface area contributed by atoms with Crippen LogP contribution in [0.4, 0.5) is 19.0 Å². The van der Waals surface area contributed by atoms with Gasteiger partial charge < -0.3 is 5.73 Å². The van der Waals surface area contributed by atoms with E-state index in [0.717, 1.165) is 24.1 Å². The van der Waals surface area contributed by atoms with Gasteiger partial charge in [0.25, 0.3) is 0 Å². The molecule has 0 bridgehead atoms. The van der Waals surface area contributed by atoms with Crippen LogP contribution in [0.5, 0.6) is 0 Å². The lowest BCUT2D eigenvalue weighted by atomic mass is 10.1. The van der Waals surface area contributed by atoms with Crippen molar-refractivity contribution in [1.82, 2.24) is 15.0 Å². The molecular formula is C17H15F3N4O2S. The zero-order valence-corrected chi connectivity index (χ0v) is 14.9. The second-order valence-electron chi connectivity index (χ2n) is 5.71. The second-order valence-corrected chi connectivity index (χ2v) is 7.57. The molecule has 2 aromatic carbocycles. The lowest BCUT2D eigenvalue weighted by Gasteiger charge is -2.12. The van der Waals surface area contributed by atoms with Gasteiger partial charge in [-0.2, -0.15) is 17.9 Å². The van der Waals surface area contributed by atoms with Gasteiger partial charge in [0.05, 0.1) is 16.1 Å². The normalized spacial score (nSPS) is 12.3. The Morgan fingerprint density at radius 3 is 2.30 bits per heavy atom. The SMILES string of the molecule is CCc1ccc(S(=O)(=O)c2nnn(-c3ccccc3C(F)(F)F)c2N)cc1. The maximum absolute atomic E-state index is 13.2. The van der Waals surface area contributed by atoms with Crippen LogP contribution in [0.1, 0.15) is 18.1 Å². The van der Waals surface area contributed by atoms with Gasteiger partial charge in [0.1, 0.15) is 0 Å². The number of hydrogen-bond donors (Lipinski definition) is 1. The zero-order valence-electron chi connectivity index (χ0n) is 14.1. The van der Waals surface area contributed by atoms with Crippen LogP contribution in [0, 0.1) is 0 Å². The van der Waals surface area contributed by atoms with Crippen LogP contribution < -0.4 is 5.73 Å². The summed E-state index contributed by atoms with van der Waals surface area (Å²) in [7, 11) is -4.13. The minimum Gasteiger partial charge on any atom is -0.381 e. The number of alkyl halides is 3. The lowest BCUT2D eigenvalue weighted by Crippen LogP contribution is -2.13. The summed E-state index contributed by atoms with van der Waals surface area (Å²) in [6, 6.07) is 10.7. The average Bonchev–Trinajstić information content (AvgIpc) is 3.03. The fourth-order valence-corrected chi connectivity index (χ4v) is 3.78. The van der Waals surface area contributed by atoms with Crippen molar-refractivity contribution in [3.8, 4) is 5.69 Å². The summed E-state index contributed by atoms with van der Waals surface area (Å²) in [5, 5.41) is 6.49. The fourth-order valence-electron chi connectivity index (χ4n) is 2.56. The van der Waals surface area contributed by atoms with Crippen LogP contribution >= 0.6 is 0 Å². The second kappa shape index (κ2) is 6.69. The summed E-state index contributed by atoms with van der Waals surface area (Å²) >= 11 is 0. The maximum Gasteiger partial charge on any atom is 0.418 e. The van der Waals surface area contributed by atoms with Gasteiger partial charge >= 0.3 is 6.18 Å². The van der Waals surface area contributed by atoms with Crippen LogP contribution in [-0.2, 0) is 22.4 Å². The minimum absolute atomic E-state index is 0.0671.